The Balaban J connectivity index is 1.93. The average molecular weight is 387 g/mol. The molecule has 0 aliphatic rings. The van der Waals surface area contributed by atoms with Crippen molar-refractivity contribution in [1.29, 1.82) is 0 Å². The lowest BCUT2D eigenvalue weighted by atomic mass is 10.0. The zero-order valence-corrected chi connectivity index (χ0v) is 15.3. The molecule has 0 atom stereocenters. The number of amides is 1. The van der Waals surface area contributed by atoms with E-state index in [0.717, 1.165) is 0 Å². The van der Waals surface area contributed by atoms with E-state index in [1.165, 1.54) is 0 Å². The Morgan fingerprint density at radius 3 is 2.89 bits per heavy atom. The molecule has 1 aromatic carbocycles. The number of carbonyl (C=O) groups is 1. The van der Waals surface area contributed by atoms with Crippen molar-refractivity contribution < 1.29 is 9.18 Å². The molecule has 0 bridgehead atoms. The highest BCUT2D eigenvalue weighted by atomic mass is 35.5. The van der Waals surface area contributed by atoms with Crippen molar-refractivity contribution in [2.24, 2.45) is 0 Å². The van der Waals surface area contributed by atoms with Crippen LogP contribution >= 0.6 is 11.6 Å². The van der Waals surface area contributed by atoms with Gasteiger partial charge < -0.3 is 15.0 Å². The highest BCUT2D eigenvalue weighted by molar-refractivity contribution is 6.36. The number of aromatic amines is 1. The van der Waals surface area contributed by atoms with E-state index in [2.05, 4.69) is 25.8 Å². The van der Waals surface area contributed by atoms with Crippen molar-refractivity contribution in [3.8, 4) is 11.1 Å². The van der Waals surface area contributed by atoms with Crippen LogP contribution in [0.1, 0.15) is 13.8 Å². The summed E-state index contributed by atoms with van der Waals surface area (Å²) in [6.07, 6.45) is 5.63. The molecule has 0 aliphatic heterocycles. The first-order chi connectivity index (χ1) is 13.0. The molecule has 4 rings (SSSR count). The second kappa shape index (κ2) is 6.55. The molecule has 0 fully saturated rings. The van der Waals surface area contributed by atoms with E-state index in [9.17, 15) is 4.79 Å². The number of hydrogen-bond donors (Lipinski definition) is 3. The van der Waals surface area contributed by atoms with E-state index < -0.39 is 5.82 Å². The van der Waals surface area contributed by atoms with E-state index in [1.54, 1.807) is 35.1 Å². The van der Waals surface area contributed by atoms with Gasteiger partial charge in [-0.15, -0.1) is 0 Å². The number of nitrogens with zero attached hydrogens (tertiary/aromatic N) is 3. The number of imidazole rings is 1. The van der Waals surface area contributed by atoms with Crippen LogP contribution in [0.15, 0.2) is 30.7 Å². The Labute approximate surface area is 158 Å². The number of H-pyrrole nitrogens is 1. The smallest absolute Gasteiger partial charge is 0.212 e. The van der Waals surface area contributed by atoms with Gasteiger partial charge in [-0.1, -0.05) is 11.6 Å². The van der Waals surface area contributed by atoms with Crippen LogP contribution in [-0.4, -0.2) is 32.0 Å². The lowest BCUT2D eigenvalue weighted by molar-refractivity contribution is -0.105. The van der Waals surface area contributed by atoms with E-state index in [-0.39, 0.29) is 11.1 Å². The number of nitrogens with one attached hydrogen (secondary N) is 3. The Kier molecular flexibility index (Phi) is 4.19. The van der Waals surface area contributed by atoms with Crippen molar-refractivity contribution >= 4 is 46.1 Å². The van der Waals surface area contributed by atoms with Gasteiger partial charge in [0.2, 0.25) is 6.41 Å². The number of benzene rings is 1. The molecule has 3 N–H and O–H groups in total. The molecular weight excluding hydrogens is 371 g/mol. The van der Waals surface area contributed by atoms with Crippen LogP contribution in [0.4, 0.5) is 15.9 Å². The van der Waals surface area contributed by atoms with E-state index in [1.807, 2.05) is 13.8 Å². The fraction of sp³-hybridized carbons (Fsp3) is 0.167. The predicted octanol–water partition coefficient (Wildman–Crippen LogP) is 4.06. The summed E-state index contributed by atoms with van der Waals surface area (Å²) in [5.74, 6) is -0.115. The molecule has 0 spiro atoms. The number of pyridine rings is 1. The number of halogens is 2. The monoisotopic (exact) mass is 386 g/mol. The molecule has 0 aliphatic carbocycles. The number of rotatable bonds is 5. The fourth-order valence-electron chi connectivity index (χ4n) is 3.09. The predicted molar refractivity (Wildman–Crippen MR) is 104 cm³/mol. The number of carbonyl (C=O) groups excluding carboxylic acids is 1. The minimum Gasteiger partial charge on any atom is -0.379 e. The third kappa shape index (κ3) is 2.87. The average Bonchev–Trinajstić information content (AvgIpc) is 3.25. The van der Waals surface area contributed by atoms with Gasteiger partial charge in [-0.05, 0) is 26.0 Å². The highest BCUT2D eigenvalue weighted by Gasteiger charge is 2.22. The molecule has 0 saturated carbocycles. The van der Waals surface area contributed by atoms with Crippen LogP contribution in [0.2, 0.25) is 5.02 Å². The largest absolute Gasteiger partial charge is 0.379 e. The van der Waals surface area contributed by atoms with Crippen molar-refractivity contribution in [3.63, 3.8) is 0 Å². The first kappa shape index (κ1) is 17.3. The summed E-state index contributed by atoms with van der Waals surface area (Å²) < 4.78 is 16.8. The maximum absolute atomic E-state index is 15.0. The van der Waals surface area contributed by atoms with Crippen LogP contribution in [0, 0.1) is 5.82 Å². The van der Waals surface area contributed by atoms with Gasteiger partial charge in [-0.25, -0.2) is 9.37 Å². The molecule has 3 aromatic heterocycles. The summed E-state index contributed by atoms with van der Waals surface area (Å²) in [7, 11) is 0. The molecule has 0 saturated heterocycles. The van der Waals surface area contributed by atoms with Gasteiger partial charge in [-0.3, -0.25) is 9.89 Å². The Bertz CT molecular complexity index is 1170. The third-order valence-corrected chi connectivity index (χ3v) is 4.52. The molecule has 0 unspecified atom stereocenters. The summed E-state index contributed by atoms with van der Waals surface area (Å²) in [6, 6.07) is 3.60. The molecule has 3 heterocycles. The fourth-order valence-corrected chi connectivity index (χ4v) is 3.40. The lowest BCUT2D eigenvalue weighted by Gasteiger charge is -2.16. The summed E-state index contributed by atoms with van der Waals surface area (Å²) >= 11 is 6.42. The van der Waals surface area contributed by atoms with Gasteiger partial charge in [0, 0.05) is 28.8 Å². The van der Waals surface area contributed by atoms with Crippen LogP contribution in [-0.2, 0) is 4.79 Å². The Morgan fingerprint density at radius 2 is 2.15 bits per heavy atom. The van der Waals surface area contributed by atoms with Gasteiger partial charge in [0.05, 0.1) is 28.6 Å². The minimum atomic E-state index is -0.536. The van der Waals surface area contributed by atoms with Crippen LogP contribution < -0.4 is 10.6 Å². The Morgan fingerprint density at radius 1 is 1.33 bits per heavy atom. The van der Waals surface area contributed by atoms with E-state index >= 15 is 4.39 Å². The number of aromatic nitrogens is 4. The molecule has 27 heavy (non-hydrogen) atoms. The van der Waals surface area contributed by atoms with Gasteiger partial charge in [-0.2, -0.15) is 5.10 Å². The summed E-state index contributed by atoms with van der Waals surface area (Å²) in [6.45, 7) is 3.84. The molecule has 1 amide bonds. The molecular formula is C18H16ClFN6O. The number of fused-ring (bicyclic) bond motifs is 2. The van der Waals surface area contributed by atoms with Gasteiger partial charge in [0.25, 0.3) is 0 Å². The van der Waals surface area contributed by atoms with Gasteiger partial charge in [0.1, 0.15) is 5.65 Å². The molecule has 4 aromatic rings. The maximum atomic E-state index is 15.0. The van der Waals surface area contributed by atoms with Crippen LogP contribution in [0.5, 0.6) is 0 Å². The van der Waals surface area contributed by atoms with Crippen molar-refractivity contribution in [2.75, 3.05) is 10.6 Å². The minimum absolute atomic E-state index is 0.0118. The molecule has 0 radical (unpaired) electrons. The van der Waals surface area contributed by atoms with E-state index in [0.29, 0.717) is 45.6 Å². The first-order valence-electron chi connectivity index (χ1n) is 8.29. The second-order valence-corrected chi connectivity index (χ2v) is 6.79. The molecule has 138 valence electrons. The van der Waals surface area contributed by atoms with Gasteiger partial charge in [0.15, 0.2) is 11.6 Å². The SMILES string of the molecule is CC(C)Nc1c(F)c(Cl)c(-c2ccc3nc(NC=O)cn3c2)c2cn[nH]c12. The zero-order valence-electron chi connectivity index (χ0n) is 14.5. The van der Waals surface area contributed by atoms with Crippen molar-refractivity contribution in [3.05, 3.63) is 41.6 Å². The summed E-state index contributed by atoms with van der Waals surface area (Å²) in [4.78, 5) is 14.9. The van der Waals surface area contributed by atoms with E-state index in [4.69, 9.17) is 11.6 Å². The first-order valence-corrected chi connectivity index (χ1v) is 8.67. The molecule has 7 nitrogen and oxygen atoms in total. The number of anilines is 2. The zero-order chi connectivity index (χ0) is 19.1. The third-order valence-electron chi connectivity index (χ3n) is 4.17. The summed E-state index contributed by atoms with van der Waals surface area (Å²) in [5, 5.41) is 13.2. The second-order valence-electron chi connectivity index (χ2n) is 6.41. The van der Waals surface area contributed by atoms with Gasteiger partial charge >= 0.3 is 0 Å². The van der Waals surface area contributed by atoms with Crippen molar-refractivity contribution in [1.82, 2.24) is 19.6 Å². The number of hydrogen-bond acceptors (Lipinski definition) is 4. The Hall–Kier alpha value is -3.13. The standard InChI is InChI=1S/C18H16ClFN6O/c1-9(2)23-18-16(20)15(19)14(11-5-22-25-17(11)18)10-3-4-13-24-12(21-8-27)7-26(13)6-10/h3-9,23H,1-2H3,(H,21,27)(H,22,25). The maximum Gasteiger partial charge on any atom is 0.212 e. The normalized spacial score (nSPS) is 11.4. The van der Waals surface area contributed by atoms with Crippen LogP contribution in [0.3, 0.4) is 0 Å². The quantitative estimate of drug-likeness (QED) is 0.451. The van der Waals surface area contributed by atoms with Crippen LogP contribution in [0.25, 0.3) is 27.7 Å². The lowest BCUT2D eigenvalue weighted by Crippen LogP contribution is -2.12. The van der Waals surface area contributed by atoms with Crippen molar-refractivity contribution in [2.45, 2.75) is 19.9 Å². The summed E-state index contributed by atoms with van der Waals surface area (Å²) in [5.41, 5.74) is 2.72. The molecule has 9 heteroatoms. The topological polar surface area (TPSA) is 87.1 Å². The highest BCUT2D eigenvalue weighted by Crippen LogP contribution is 2.41.